The van der Waals surface area contributed by atoms with Crippen LogP contribution in [0.1, 0.15) is 107 Å². The van der Waals surface area contributed by atoms with Crippen LogP contribution in [-0.2, 0) is 19.3 Å². The molecule has 218 valence electrons. The molecule has 2 saturated heterocycles. The van der Waals surface area contributed by atoms with Crippen LogP contribution in [0, 0.1) is 11.8 Å². The van der Waals surface area contributed by atoms with Gasteiger partial charge < -0.3 is 21.1 Å². The van der Waals surface area contributed by atoms with Crippen molar-refractivity contribution in [2.45, 2.75) is 141 Å². The number of carbonyl (C=O) groups is 2. The zero-order valence-electron chi connectivity index (χ0n) is 25.2. The standard InChI is InChI=1S/C30H54N4O4/c1-11-23(35)37-33-27(3,4)19-21(25(31)29(33,7)8)17-15-13-14-16-18-22-20-28(5,6)34(38-24(36)12-2)30(9,10)26(22)32/h11-12,21-22,25-26H,1-2,13-20,31-32H2,3-10H3. The molecule has 0 aliphatic carbocycles. The third-order valence-electron chi connectivity index (χ3n) is 8.91. The fraction of sp³-hybridized carbons (Fsp3) is 0.800. The van der Waals surface area contributed by atoms with Crippen LogP contribution in [0.15, 0.2) is 25.3 Å². The first-order valence-corrected chi connectivity index (χ1v) is 14.2. The summed E-state index contributed by atoms with van der Waals surface area (Å²) in [5.74, 6) is -0.189. The first kappa shape index (κ1) is 32.5. The Morgan fingerprint density at radius 3 is 1.32 bits per heavy atom. The number of piperidine rings is 2. The van der Waals surface area contributed by atoms with Gasteiger partial charge in [0.2, 0.25) is 0 Å². The summed E-state index contributed by atoms with van der Waals surface area (Å²) in [6, 6.07) is -0.202. The zero-order chi connectivity index (χ0) is 29.1. The number of hydroxylamine groups is 4. The number of nitrogens with two attached hydrogens (primary N) is 2. The van der Waals surface area contributed by atoms with E-state index in [4.69, 9.17) is 21.1 Å². The van der Waals surface area contributed by atoms with E-state index in [1.165, 1.54) is 12.2 Å². The van der Waals surface area contributed by atoms with Gasteiger partial charge in [-0.1, -0.05) is 38.8 Å². The Labute approximate surface area is 231 Å². The van der Waals surface area contributed by atoms with Crippen molar-refractivity contribution in [1.29, 1.82) is 0 Å². The summed E-state index contributed by atoms with van der Waals surface area (Å²) < 4.78 is 0. The highest BCUT2D eigenvalue weighted by molar-refractivity contribution is 5.81. The van der Waals surface area contributed by atoms with Crippen molar-refractivity contribution in [2.24, 2.45) is 23.3 Å². The fourth-order valence-electron chi connectivity index (χ4n) is 7.15. The average molecular weight is 535 g/mol. The Balaban J connectivity index is 1.87. The van der Waals surface area contributed by atoms with Gasteiger partial charge in [0.15, 0.2) is 0 Å². The van der Waals surface area contributed by atoms with E-state index in [0.717, 1.165) is 51.4 Å². The van der Waals surface area contributed by atoms with E-state index >= 15 is 0 Å². The molecule has 2 rings (SSSR count). The predicted octanol–water partition coefficient (Wildman–Crippen LogP) is 5.03. The van der Waals surface area contributed by atoms with Crippen LogP contribution in [0.25, 0.3) is 0 Å². The summed E-state index contributed by atoms with van der Waals surface area (Å²) >= 11 is 0. The van der Waals surface area contributed by atoms with Gasteiger partial charge in [-0.15, -0.1) is 10.1 Å². The number of unbranched alkanes of at least 4 members (excludes halogenated alkanes) is 3. The monoisotopic (exact) mass is 534 g/mol. The summed E-state index contributed by atoms with van der Waals surface area (Å²) in [4.78, 5) is 35.1. The maximum atomic E-state index is 11.9. The quantitative estimate of drug-likeness (QED) is 0.280. The molecule has 0 radical (unpaired) electrons. The van der Waals surface area contributed by atoms with Crippen LogP contribution in [0.4, 0.5) is 0 Å². The van der Waals surface area contributed by atoms with Crippen LogP contribution < -0.4 is 11.5 Å². The molecule has 0 aromatic carbocycles. The second kappa shape index (κ2) is 12.2. The molecule has 8 nitrogen and oxygen atoms in total. The van der Waals surface area contributed by atoms with Crippen LogP contribution in [0.2, 0.25) is 0 Å². The number of hydrogen-bond donors (Lipinski definition) is 2. The second-order valence-corrected chi connectivity index (χ2v) is 13.7. The van der Waals surface area contributed by atoms with Crippen molar-refractivity contribution >= 4 is 11.9 Å². The van der Waals surface area contributed by atoms with Gasteiger partial charge >= 0.3 is 11.9 Å². The van der Waals surface area contributed by atoms with E-state index in [-0.39, 0.29) is 23.2 Å². The number of rotatable bonds is 11. The summed E-state index contributed by atoms with van der Waals surface area (Å²) in [7, 11) is 0. The largest absolute Gasteiger partial charge is 0.363 e. The molecule has 4 N–H and O–H groups in total. The van der Waals surface area contributed by atoms with Gasteiger partial charge in [0.25, 0.3) is 0 Å². The minimum absolute atomic E-state index is 0.101. The number of carbonyl (C=O) groups excluding carboxylic acids is 2. The molecule has 0 saturated carbocycles. The van der Waals surface area contributed by atoms with Gasteiger partial charge in [-0.05, 0) is 92.9 Å². The molecule has 2 aliphatic rings. The van der Waals surface area contributed by atoms with Crippen molar-refractivity contribution in [3.05, 3.63) is 25.3 Å². The van der Waals surface area contributed by atoms with Crippen LogP contribution >= 0.6 is 0 Å². The molecule has 0 aromatic rings. The third kappa shape index (κ3) is 7.06. The van der Waals surface area contributed by atoms with E-state index in [1.54, 1.807) is 10.1 Å². The Kier molecular flexibility index (Phi) is 10.4. The zero-order valence-corrected chi connectivity index (χ0v) is 25.2. The summed E-state index contributed by atoms with van der Waals surface area (Å²) in [5.41, 5.74) is 11.9. The minimum atomic E-state index is -0.476. The Hall–Kier alpha value is -1.74. The summed E-state index contributed by atoms with van der Waals surface area (Å²) in [6.45, 7) is 23.7. The molecule has 38 heavy (non-hydrogen) atoms. The van der Waals surface area contributed by atoms with Gasteiger partial charge in [0.05, 0.1) is 22.2 Å². The number of nitrogens with zero attached hydrogens (tertiary/aromatic N) is 2. The van der Waals surface area contributed by atoms with Gasteiger partial charge in [-0.25, -0.2) is 9.59 Å². The van der Waals surface area contributed by atoms with Crippen LogP contribution in [0.3, 0.4) is 0 Å². The molecule has 8 heteroatoms. The maximum Gasteiger partial charge on any atom is 0.349 e. The molecule has 0 aromatic heterocycles. The molecule has 2 fully saturated rings. The fourth-order valence-corrected chi connectivity index (χ4v) is 7.15. The van der Waals surface area contributed by atoms with Crippen LogP contribution in [0.5, 0.6) is 0 Å². The first-order valence-electron chi connectivity index (χ1n) is 14.2. The topological polar surface area (TPSA) is 111 Å². The Morgan fingerprint density at radius 1 is 0.711 bits per heavy atom. The number of hydrogen-bond acceptors (Lipinski definition) is 8. The smallest absolute Gasteiger partial charge is 0.349 e. The normalized spacial score (nSPS) is 30.3. The summed E-state index contributed by atoms with van der Waals surface area (Å²) in [5, 5.41) is 3.56. The average Bonchev–Trinajstić information content (AvgIpc) is 2.82. The predicted molar refractivity (Wildman–Crippen MR) is 152 cm³/mol. The second-order valence-electron chi connectivity index (χ2n) is 13.7. The van der Waals surface area contributed by atoms with Crippen molar-refractivity contribution in [3.8, 4) is 0 Å². The van der Waals surface area contributed by atoms with E-state index in [9.17, 15) is 9.59 Å². The molecule has 2 aliphatic heterocycles. The van der Waals surface area contributed by atoms with E-state index in [2.05, 4.69) is 68.5 Å². The molecular weight excluding hydrogens is 480 g/mol. The summed E-state index contributed by atoms with van der Waals surface area (Å²) in [6.07, 6.45) is 10.8. The van der Waals surface area contributed by atoms with Crippen LogP contribution in [-0.4, -0.2) is 56.3 Å². The van der Waals surface area contributed by atoms with E-state index in [0.29, 0.717) is 11.8 Å². The molecular formula is C30H54N4O4. The first-order chi connectivity index (χ1) is 17.4. The molecule has 2 heterocycles. The lowest BCUT2D eigenvalue weighted by atomic mass is 9.70. The Bertz CT molecular complexity index is 796. The highest BCUT2D eigenvalue weighted by Gasteiger charge is 2.53. The van der Waals surface area contributed by atoms with Gasteiger partial charge in [-0.3, -0.25) is 0 Å². The molecule has 4 unspecified atom stereocenters. The molecule has 4 atom stereocenters. The lowest BCUT2D eigenvalue weighted by Gasteiger charge is -2.56. The lowest BCUT2D eigenvalue weighted by Crippen LogP contribution is -2.69. The Morgan fingerprint density at radius 2 is 1.03 bits per heavy atom. The van der Waals surface area contributed by atoms with Gasteiger partial charge in [-0.2, -0.15) is 0 Å². The molecule has 0 bridgehead atoms. The van der Waals surface area contributed by atoms with Crippen molar-refractivity contribution in [1.82, 2.24) is 10.1 Å². The van der Waals surface area contributed by atoms with E-state index in [1.807, 2.05) is 0 Å². The highest BCUT2D eigenvalue weighted by atomic mass is 16.7. The third-order valence-corrected chi connectivity index (χ3v) is 8.91. The van der Waals surface area contributed by atoms with E-state index < -0.39 is 23.0 Å². The minimum Gasteiger partial charge on any atom is -0.363 e. The van der Waals surface area contributed by atoms with Gasteiger partial charge in [0, 0.05) is 24.2 Å². The van der Waals surface area contributed by atoms with Crippen molar-refractivity contribution in [3.63, 3.8) is 0 Å². The highest BCUT2D eigenvalue weighted by Crippen LogP contribution is 2.44. The molecule has 0 spiro atoms. The van der Waals surface area contributed by atoms with Crippen molar-refractivity contribution < 1.29 is 19.3 Å². The van der Waals surface area contributed by atoms with Gasteiger partial charge in [0.1, 0.15) is 0 Å². The lowest BCUT2D eigenvalue weighted by molar-refractivity contribution is -0.273. The van der Waals surface area contributed by atoms with Crippen molar-refractivity contribution in [2.75, 3.05) is 0 Å². The SMILES string of the molecule is C=CC(=O)ON1C(C)(C)CC(CCCCCCC2CC(C)(C)N(OC(=O)C=C)C(C)(C)C2N)C(N)C1(C)C. The molecule has 0 amide bonds. The maximum absolute atomic E-state index is 11.9.